The molecule has 0 N–H and O–H groups in total. The number of hydrogen-bond acceptors (Lipinski definition) is 5. The second kappa shape index (κ2) is 13.1. The molecule has 0 saturated carbocycles. The van der Waals surface area contributed by atoms with E-state index in [1.165, 1.54) is 48.4 Å². The Morgan fingerprint density at radius 2 is 1.05 bits per heavy atom. The highest BCUT2D eigenvalue weighted by Crippen LogP contribution is 2.59. The summed E-state index contributed by atoms with van der Waals surface area (Å²) in [5, 5.41) is 2.50. The van der Waals surface area contributed by atoms with E-state index in [2.05, 4.69) is 127 Å². The fraction of sp³-hybridized carbons (Fsp3) is 0.0196. The molecule has 4 nitrogen and oxygen atoms in total. The van der Waals surface area contributed by atoms with Gasteiger partial charge < -0.3 is 0 Å². The van der Waals surface area contributed by atoms with Crippen molar-refractivity contribution in [3.05, 3.63) is 216 Å². The molecule has 1 aliphatic heterocycles. The van der Waals surface area contributed by atoms with E-state index >= 15 is 0 Å². The monoisotopic (exact) mass is 732 g/mol. The third kappa shape index (κ3) is 5.16. The fourth-order valence-electron chi connectivity index (χ4n) is 8.50. The van der Waals surface area contributed by atoms with Gasteiger partial charge in [-0.25, -0.2) is 19.9 Å². The molecule has 1 spiro atoms. The molecule has 11 rings (SSSR count). The third-order valence-electron chi connectivity index (χ3n) is 11.1. The lowest BCUT2D eigenvalue weighted by atomic mass is 9.63. The first-order valence-corrected chi connectivity index (χ1v) is 19.6. The van der Waals surface area contributed by atoms with Crippen molar-refractivity contribution < 1.29 is 0 Å². The standard InChI is InChI=1S/C51H32N4S/c1-3-15-36(16-4-1)45-30-46(39-31-52-49(53-32-39)37-17-5-2-6-18-37)55-50(54-45)38-26-25-35-24-23-34-14-8-10-20-41(34)51(44(35)29-38)42-21-11-12-22-47(42)56-48-40-19-9-7-13-33(40)27-28-43(48)51/h1-32H. The first-order chi connectivity index (χ1) is 27.7. The number of fused-ring (bicyclic) bond motifs is 10. The molecule has 0 amide bonds. The first kappa shape index (κ1) is 32.5. The van der Waals surface area contributed by atoms with Crippen molar-refractivity contribution in [2.24, 2.45) is 0 Å². The normalized spacial score (nSPS) is 15.1. The van der Waals surface area contributed by atoms with Crippen LogP contribution in [0.1, 0.15) is 33.4 Å². The molecule has 7 aromatic carbocycles. The van der Waals surface area contributed by atoms with Crippen LogP contribution in [0.2, 0.25) is 0 Å². The Morgan fingerprint density at radius 3 is 1.86 bits per heavy atom. The molecule has 1 unspecified atom stereocenters. The lowest BCUT2D eigenvalue weighted by Crippen LogP contribution is -2.35. The van der Waals surface area contributed by atoms with Gasteiger partial charge in [0.2, 0.25) is 0 Å². The van der Waals surface area contributed by atoms with Crippen LogP contribution in [0.25, 0.3) is 68.2 Å². The van der Waals surface area contributed by atoms with Gasteiger partial charge in [0, 0.05) is 44.4 Å². The summed E-state index contributed by atoms with van der Waals surface area (Å²) in [7, 11) is 0. The number of benzene rings is 7. The summed E-state index contributed by atoms with van der Waals surface area (Å²) >= 11 is 1.88. The van der Waals surface area contributed by atoms with E-state index in [-0.39, 0.29) is 0 Å². The topological polar surface area (TPSA) is 51.6 Å². The number of rotatable bonds is 4. The van der Waals surface area contributed by atoms with Crippen LogP contribution in [0, 0.1) is 0 Å². The molecular weight excluding hydrogens is 701 g/mol. The van der Waals surface area contributed by atoms with Crippen molar-refractivity contribution >= 4 is 34.7 Å². The molecular formula is C51H32N4S. The fourth-order valence-corrected chi connectivity index (χ4v) is 9.83. The maximum atomic E-state index is 5.27. The van der Waals surface area contributed by atoms with Crippen molar-refractivity contribution in [1.82, 2.24) is 19.9 Å². The van der Waals surface area contributed by atoms with Gasteiger partial charge >= 0.3 is 0 Å². The summed E-state index contributed by atoms with van der Waals surface area (Å²) in [6, 6.07) is 60.4. The SMILES string of the molecule is C1=Cc2ccc(-c3nc(-c4ccccc4)cc(-c4cnc(-c5ccccc5)nc4)n3)cc2C2(c3ccccc31)c1ccccc1Sc1c2ccc2ccccc12. The number of nitrogens with zero attached hydrogens (tertiary/aromatic N) is 4. The van der Waals surface area contributed by atoms with Gasteiger partial charge in [0.1, 0.15) is 0 Å². The summed E-state index contributed by atoms with van der Waals surface area (Å²) < 4.78 is 0. The number of aromatic nitrogens is 4. The minimum atomic E-state index is -0.617. The molecule has 2 aromatic heterocycles. The van der Waals surface area contributed by atoms with Gasteiger partial charge in [0.25, 0.3) is 0 Å². The highest BCUT2D eigenvalue weighted by Gasteiger charge is 2.47. The zero-order chi connectivity index (χ0) is 37.1. The Labute approximate surface area is 329 Å². The van der Waals surface area contributed by atoms with E-state index in [0.717, 1.165) is 39.2 Å². The maximum Gasteiger partial charge on any atom is 0.160 e. The van der Waals surface area contributed by atoms with Crippen molar-refractivity contribution in [1.29, 1.82) is 0 Å². The van der Waals surface area contributed by atoms with Gasteiger partial charge in [-0.1, -0.05) is 176 Å². The van der Waals surface area contributed by atoms with Crippen LogP contribution in [0.15, 0.2) is 192 Å². The zero-order valence-electron chi connectivity index (χ0n) is 30.2. The Hall–Kier alpha value is -6.95. The van der Waals surface area contributed by atoms with E-state index in [1.807, 2.05) is 78.8 Å². The van der Waals surface area contributed by atoms with Gasteiger partial charge in [-0.2, -0.15) is 0 Å². The lowest BCUT2D eigenvalue weighted by Gasteiger charge is -2.43. The average molecular weight is 733 g/mol. The predicted octanol–water partition coefficient (Wildman–Crippen LogP) is 12.4. The minimum absolute atomic E-state index is 0.617. The molecule has 0 bridgehead atoms. The van der Waals surface area contributed by atoms with E-state index < -0.39 is 5.41 Å². The van der Waals surface area contributed by atoms with Crippen LogP contribution in [-0.2, 0) is 5.41 Å². The van der Waals surface area contributed by atoms with Crippen LogP contribution >= 0.6 is 11.8 Å². The summed E-state index contributed by atoms with van der Waals surface area (Å²) in [5.41, 5.74) is 12.1. The molecule has 262 valence electrons. The quantitative estimate of drug-likeness (QED) is 0.180. The maximum absolute atomic E-state index is 5.27. The van der Waals surface area contributed by atoms with Crippen LogP contribution in [0.5, 0.6) is 0 Å². The molecule has 2 aliphatic rings. The van der Waals surface area contributed by atoms with Crippen molar-refractivity contribution in [3.8, 4) is 45.3 Å². The molecule has 1 aliphatic carbocycles. The Morgan fingerprint density at radius 1 is 0.411 bits per heavy atom. The molecule has 9 aromatic rings. The highest BCUT2D eigenvalue weighted by molar-refractivity contribution is 7.99. The van der Waals surface area contributed by atoms with E-state index in [9.17, 15) is 0 Å². The smallest absolute Gasteiger partial charge is 0.160 e. The Kier molecular flexibility index (Phi) is 7.61. The largest absolute Gasteiger partial charge is 0.236 e. The zero-order valence-corrected chi connectivity index (χ0v) is 31.0. The van der Waals surface area contributed by atoms with Crippen LogP contribution in [0.4, 0.5) is 0 Å². The minimum Gasteiger partial charge on any atom is -0.236 e. The Bertz CT molecular complexity index is 3000. The van der Waals surface area contributed by atoms with Gasteiger partial charge in [0.15, 0.2) is 11.6 Å². The van der Waals surface area contributed by atoms with Gasteiger partial charge in [0.05, 0.1) is 16.8 Å². The molecule has 1 atom stereocenters. The Balaban J connectivity index is 1.17. The molecule has 0 saturated heterocycles. The summed E-state index contributed by atoms with van der Waals surface area (Å²) in [6.07, 6.45) is 8.27. The van der Waals surface area contributed by atoms with E-state index in [1.54, 1.807) is 0 Å². The van der Waals surface area contributed by atoms with Crippen molar-refractivity contribution in [2.45, 2.75) is 15.2 Å². The summed E-state index contributed by atoms with van der Waals surface area (Å²) in [5.74, 6) is 1.32. The predicted molar refractivity (Wildman–Crippen MR) is 228 cm³/mol. The van der Waals surface area contributed by atoms with E-state index in [4.69, 9.17) is 19.9 Å². The molecule has 0 fully saturated rings. The molecule has 0 radical (unpaired) electrons. The second-order valence-electron chi connectivity index (χ2n) is 14.2. The molecule has 56 heavy (non-hydrogen) atoms. The van der Waals surface area contributed by atoms with Gasteiger partial charge in [-0.3, -0.25) is 0 Å². The lowest BCUT2D eigenvalue weighted by molar-refractivity contribution is 0.704. The second-order valence-corrected chi connectivity index (χ2v) is 15.3. The average Bonchev–Trinajstić information content (AvgIpc) is 3.42. The van der Waals surface area contributed by atoms with E-state index in [0.29, 0.717) is 11.6 Å². The van der Waals surface area contributed by atoms with Crippen molar-refractivity contribution in [2.75, 3.05) is 0 Å². The summed E-state index contributed by atoms with van der Waals surface area (Å²) in [4.78, 5) is 22.6. The van der Waals surface area contributed by atoms with Gasteiger partial charge in [-0.15, -0.1) is 0 Å². The third-order valence-corrected chi connectivity index (χ3v) is 12.3. The van der Waals surface area contributed by atoms with Crippen molar-refractivity contribution in [3.63, 3.8) is 0 Å². The molecule has 3 heterocycles. The van der Waals surface area contributed by atoms with Crippen LogP contribution < -0.4 is 0 Å². The van der Waals surface area contributed by atoms with Crippen LogP contribution in [0.3, 0.4) is 0 Å². The van der Waals surface area contributed by atoms with Crippen LogP contribution in [-0.4, -0.2) is 19.9 Å². The molecule has 5 heteroatoms. The van der Waals surface area contributed by atoms with Gasteiger partial charge in [-0.05, 0) is 62.4 Å². The number of hydrogen-bond donors (Lipinski definition) is 0. The first-order valence-electron chi connectivity index (χ1n) is 18.8. The summed E-state index contributed by atoms with van der Waals surface area (Å²) in [6.45, 7) is 0. The highest BCUT2D eigenvalue weighted by atomic mass is 32.2.